The summed E-state index contributed by atoms with van der Waals surface area (Å²) >= 11 is 0. The van der Waals surface area contributed by atoms with Crippen LogP contribution in [0.25, 0.3) is 0 Å². The number of ether oxygens (including phenoxy) is 2. The summed E-state index contributed by atoms with van der Waals surface area (Å²) in [5.74, 6) is 3.35. The number of aromatic hydroxyl groups is 2. The molecule has 2 N–H and O–H groups in total. The molecule has 4 atom stereocenters. The summed E-state index contributed by atoms with van der Waals surface area (Å²) < 4.78 is 11.0. The smallest absolute Gasteiger partial charge is 0.164 e. The molecule has 34 heavy (non-hydrogen) atoms. The van der Waals surface area contributed by atoms with Crippen molar-refractivity contribution >= 4 is 0 Å². The number of hydrogen-bond donors (Lipinski definition) is 2. The summed E-state index contributed by atoms with van der Waals surface area (Å²) in [6, 6.07) is 9.13. The van der Waals surface area contributed by atoms with Crippen molar-refractivity contribution in [3.63, 3.8) is 0 Å². The van der Waals surface area contributed by atoms with Crippen LogP contribution in [0.1, 0.15) is 35.1 Å². The Labute approximate surface area is 203 Å². The molecule has 4 aliphatic rings. The molecule has 0 radical (unpaired) electrons. The van der Waals surface area contributed by atoms with E-state index in [1.54, 1.807) is 20.3 Å². The second-order valence-electron chi connectivity index (χ2n) is 10.5. The number of rotatable bonds is 2. The lowest BCUT2D eigenvalue weighted by Crippen LogP contribution is -2.35. The van der Waals surface area contributed by atoms with Gasteiger partial charge in [-0.25, -0.2) is 0 Å². The van der Waals surface area contributed by atoms with Gasteiger partial charge in [0.05, 0.1) is 14.2 Å². The van der Waals surface area contributed by atoms with Crippen molar-refractivity contribution in [2.45, 2.75) is 50.6 Å². The average Bonchev–Trinajstić information content (AvgIpc) is 3.40. The fourth-order valence-electron chi connectivity index (χ4n) is 6.80. The van der Waals surface area contributed by atoms with E-state index in [2.05, 4.69) is 30.0 Å². The van der Waals surface area contributed by atoms with Gasteiger partial charge in [0.15, 0.2) is 23.0 Å². The van der Waals surface area contributed by atoms with Gasteiger partial charge < -0.3 is 29.5 Å². The second-order valence-corrected chi connectivity index (χ2v) is 10.5. The van der Waals surface area contributed by atoms with E-state index in [0.717, 1.165) is 61.3 Å². The highest BCUT2D eigenvalue weighted by Gasteiger charge is 2.38. The van der Waals surface area contributed by atoms with E-state index >= 15 is 0 Å². The molecule has 0 spiro atoms. The van der Waals surface area contributed by atoms with E-state index in [0.29, 0.717) is 12.0 Å². The predicted octanol–water partition coefficient (Wildman–Crippen LogP) is 3.64. The summed E-state index contributed by atoms with van der Waals surface area (Å²) in [6.45, 7) is 2.37. The maximum absolute atomic E-state index is 9.87. The lowest BCUT2D eigenvalue weighted by atomic mass is 9.80. The van der Waals surface area contributed by atoms with Gasteiger partial charge in [-0.05, 0) is 101 Å². The molecule has 0 bridgehead atoms. The van der Waals surface area contributed by atoms with Crippen molar-refractivity contribution in [2.75, 3.05) is 41.4 Å². The molecule has 0 saturated carbocycles. The van der Waals surface area contributed by atoms with Crippen LogP contribution >= 0.6 is 0 Å². The number of methoxy groups -OCH3 is 2. The van der Waals surface area contributed by atoms with Gasteiger partial charge in [0.1, 0.15) is 0 Å². The fourth-order valence-corrected chi connectivity index (χ4v) is 6.80. The Bertz CT molecular complexity index is 1060. The summed E-state index contributed by atoms with van der Waals surface area (Å²) in [4.78, 5) is 4.92. The third kappa shape index (κ3) is 4.01. The molecular formula is C28H38N2O4. The largest absolute Gasteiger partial charge is 0.504 e. The van der Waals surface area contributed by atoms with E-state index in [1.165, 1.54) is 36.1 Å². The van der Waals surface area contributed by atoms with Crippen molar-refractivity contribution in [1.82, 2.24) is 9.80 Å². The summed E-state index contributed by atoms with van der Waals surface area (Å²) in [7, 11) is 7.87. The Morgan fingerprint density at radius 3 is 1.88 bits per heavy atom. The number of fused-ring (bicyclic) bond motifs is 4. The van der Waals surface area contributed by atoms with Crippen molar-refractivity contribution in [2.24, 2.45) is 11.8 Å². The van der Waals surface area contributed by atoms with Gasteiger partial charge >= 0.3 is 0 Å². The molecule has 2 fully saturated rings. The first-order chi connectivity index (χ1) is 16.4. The summed E-state index contributed by atoms with van der Waals surface area (Å²) in [6.07, 6.45) is 6.70. The number of phenols is 2. The molecule has 2 aromatic rings. The molecular weight excluding hydrogens is 428 g/mol. The fraction of sp³-hybridized carbons (Fsp3) is 0.571. The third-order valence-electron chi connectivity index (χ3n) is 8.82. The van der Waals surface area contributed by atoms with Crippen LogP contribution in [-0.4, -0.2) is 73.5 Å². The number of likely N-dealkylation sites (tertiary alicyclic amines) is 2. The van der Waals surface area contributed by atoms with Crippen LogP contribution < -0.4 is 9.47 Å². The normalized spacial score (nSPS) is 27.6. The van der Waals surface area contributed by atoms with Gasteiger partial charge in [0, 0.05) is 23.2 Å². The molecule has 2 aromatic carbocycles. The molecule has 2 saturated heterocycles. The Hall–Kier alpha value is -2.44. The van der Waals surface area contributed by atoms with Gasteiger partial charge in [0.2, 0.25) is 0 Å². The minimum Gasteiger partial charge on any atom is -0.504 e. The maximum Gasteiger partial charge on any atom is 0.164 e. The first-order valence-electron chi connectivity index (χ1n) is 12.6. The maximum atomic E-state index is 9.87. The Balaban J connectivity index is 0.000000142. The van der Waals surface area contributed by atoms with Crippen molar-refractivity contribution in [3.8, 4) is 23.0 Å². The van der Waals surface area contributed by atoms with Crippen LogP contribution in [0, 0.1) is 11.8 Å². The average molecular weight is 467 g/mol. The minimum atomic E-state index is 0.0172. The molecule has 6 heteroatoms. The SMILES string of the molecule is CN1CC[C@@H]2Cc3c(ccc(O)c3O)CC21.COc1ccc2c(c1OC)C[C@H]1CCN(C)C1C2. The number of phenolic OH excluding ortho intramolecular Hbond substituents is 2. The lowest BCUT2D eigenvalue weighted by molar-refractivity contribution is 0.255. The Morgan fingerprint density at radius 2 is 1.29 bits per heavy atom. The van der Waals surface area contributed by atoms with Crippen LogP contribution in [0.3, 0.4) is 0 Å². The summed E-state index contributed by atoms with van der Waals surface area (Å²) in [5, 5.41) is 19.4. The Morgan fingerprint density at radius 1 is 0.735 bits per heavy atom. The van der Waals surface area contributed by atoms with Crippen LogP contribution in [-0.2, 0) is 25.7 Å². The molecule has 2 heterocycles. The van der Waals surface area contributed by atoms with Gasteiger partial charge in [-0.2, -0.15) is 0 Å². The van der Waals surface area contributed by atoms with Gasteiger partial charge in [-0.1, -0.05) is 12.1 Å². The first-order valence-corrected chi connectivity index (χ1v) is 12.6. The zero-order valence-corrected chi connectivity index (χ0v) is 20.9. The third-order valence-corrected chi connectivity index (χ3v) is 8.82. The van der Waals surface area contributed by atoms with Gasteiger partial charge in [-0.15, -0.1) is 0 Å². The molecule has 2 unspecified atom stereocenters. The van der Waals surface area contributed by atoms with E-state index in [9.17, 15) is 10.2 Å². The monoisotopic (exact) mass is 466 g/mol. The zero-order chi connectivity index (χ0) is 24.0. The highest BCUT2D eigenvalue weighted by Crippen LogP contribution is 2.43. The molecule has 2 aliphatic carbocycles. The topological polar surface area (TPSA) is 65.4 Å². The molecule has 6 nitrogen and oxygen atoms in total. The summed E-state index contributed by atoms with van der Waals surface area (Å²) in [5.41, 5.74) is 4.97. The minimum absolute atomic E-state index is 0.0172. The second kappa shape index (κ2) is 9.31. The van der Waals surface area contributed by atoms with Crippen molar-refractivity contribution in [1.29, 1.82) is 0 Å². The number of benzene rings is 2. The number of nitrogens with zero attached hydrogens (tertiary/aromatic N) is 2. The molecule has 0 amide bonds. The quantitative estimate of drug-likeness (QED) is 0.659. The van der Waals surface area contributed by atoms with Crippen LogP contribution in [0.5, 0.6) is 23.0 Å². The zero-order valence-electron chi connectivity index (χ0n) is 20.9. The predicted molar refractivity (Wildman–Crippen MR) is 133 cm³/mol. The van der Waals surface area contributed by atoms with Crippen molar-refractivity contribution in [3.05, 3.63) is 46.5 Å². The van der Waals surface area contributed by atoms with E-state index in [4.69, 9.17) is 9.47 Å². The van der Waals surface area contributed by atoms with Crippen LogP contribution in [0.15, 0.2) is 24.3 Å². The van der Waals surface area contributed by atoms with Crippen LogP contribution in [0.2, 0.25) is 0 Å². The molecule has 0 aromatic heterocycles. The molecule has 2 aliphatic heterocycles. The lowest BCUT2D eigenvalue weighted by Gasteiger charge is -2.32. The first kappa shape index (κ1) is 23.3. The van der Waals surface area contributed by atoms with Crippen LogP contribution in [0.4, 0.5) is 0 Å². The Kier molecular flexibility index (Phi) is 6.38. The molecule has 6 rings (SSSR count). The molecule has 184 valence electrons. The van der Waals surface area contributed by atoms with Gasteiger partial charge in [0.25, 0.3) is 0 Å². The van der Waals surface area contributed by atoms with E-state index < -0.39 is 0 Å². The van der Waals surface area contributed by atoms with E-state index in [1.807, 2.05) is 12.1 Å². The number of hydrogen-bond acceptors (Lipinski definition) is 6. The number of likely N-dealkylation sites (N-methyl/N-ethyl adjacent to an activating group) is 2. The van der Waals surface area contributed by atoms with Crippen molar-refractivity contribution < 1.29 is 19.7 Å². The standard InChI is InChI=1S/C15H21NO2.C13H17NO2/c1-16-7-6-11-8-12-10(9-13(11)16)4-5-14(17-2)15(12)18-3;1-14-5-4-9-6-10-8(7-11(9)14)2-3-12(15)13(10)16/h4-5,11,13H,6-9H2,1-3H3;2-3,9,11,15-16H,4-7H2,1H3/t11-,13?;9-,11?/m11/s1. The van der Waals surface area contributed by atoms with E-state index in [-0.39, 0.29) is 11.5 Å². The highest BCUT2D eigenvalue weighted by molar-refractivity contribution is 5.53. The van der Waals surface area contributed by atoms with Gasteiger partial charge in [-0.3, -0.25) is 0 Å². The highest BCUT2D eigenvalue weighted by atomic mass is 16.5.